The van der Waals surface area contributed by atoms with Crippen LogP contribution in [0.4, 0.5) is 13.2 Å². The van der Waals surface area contributed by atoms with Crippen molar-refractivity contribution in [2.24, 2.45) is 0 Å². The fourth-order valence-electron chi connectivity index (χ4n) is 1.13. The number of hydrogen-bond acceptors (Lipinski definition) is 5. The molecule has 0 saturated carbocycles. The van der Waals surface area contributed by atoms with Gasteiger partial charge in [-0.15, -0.1) is 0 Å². The molecular formula is C6H9F3O5. The highest BCUT2D eigenvalue weighted by atomic mass is 19.4. The third-order valence-electron chi connectivity index (χ3n) is 1.92. The van der Waals surface area contributed by atoms with Crippen LogP contribution in [0.3, 0.4) is 0 Å². The van der Waals surface area contributed by atoms with Gasteiger partial charge in [0.25, 0.3) is 0 Å². The second-order valence-electron chi connectivity index (χ2n) is 2.96. The molecule has 0 radical (unpaired) electrons. The van der Waals surface area contributed by atoms with Gasteiger partial charge >= 0.3 is 6.18 Å². The normalized spacial score (nSPS) is 41.4. The predicted molar refractivity (Wildman–Crippen MR) is 35.0 cm³/mol. The average molecular weight is 218 g/mol. The first-order valence-corrected chi connectivity index (χ1v) is 3.69. The van der Waals surface area contributed by atoms with Crippen molar-refractivity contribution in [1.29, 1.82) is 0 Å². The molecule has 1 aliphatic rings. The van der Waals surface area contributed by atoms with Crippen molar-refractivity contribution in [3.05, 3.63) is 0 Å². The number of hydrogen-bond donors (Lipinski definition) is 4. The Hall–Kier alpha value is -0.410. The summed E-state index contributed by atoms with van der Waals surface area (Å²) in [7, 11) is 0. The monoisotopic (exact) mass is 218 g/mol. The summed E-state index contributed by atoms with van der Waals surface area (Å²) in [5, 5.41) is 35.2. The van der Waals surface area contributed by atoms with Crippen LogP contribution in [0.15, 0.2) is 0 Å². The van der Waals surface area contributed by atoms with Gasteiger partial charge in [0.2, 0.25) is 0 Å². The summed E-state index contributed by atoms with van der Waals surface area (Å²) in [6.07, 6.45) is -15.7. The summed E-state index contributed by atoms with van der Waals surface area (Å²) in [5.74, 6) is 0. The van der Waals surface area contributed by atoms with Gasteiger partial charge in [0.1, 0.15) is 18.3 Å². The molecule has 0 aliphatic carbocycles. The lowest BCUT2D eigenvalue weighted by molar-refractivity contribution is -0.250. The summed E-state index contributed by atoms with van der Waals surface area (Å²) < 4.78 is 39.9. The molecule has 1 aliphatic heterocycles. The van der Waals surface area contributed by atoms with E-state index in [9.17, 15) is 13.2 Å². The number of aliphatic hydroxyl groups excluding tert-OH is 4. The van der Waals surface area contributed by atoms with Crippen LogP contribution in [-0.2, 0) is 4.74 Å². The third-order valence-corrected chi connectivity index (χ3v) is 1.92. The Kier molecular flexibility index (Phi) is 3.02. The van der Waals surface area contributed by atoms with E-state index in [0.29, 0.717) is 0 Å². The largest absolute Gasteiger partial charge is 0.417 e. The summed E-state index contributed by atoms with van der Waals surface area (Å²) in [6, 6.07) is 0. The van der Waals surface area contributed by atoms with Crippen LogP contribution >= 0.6 is 0 Å². The Morgan fingerprint density at radius 2 is 1.57 bits per heavy atom. The molecule has 1 fully saturated rings. The fraction of sp³-hybridized carbons (Fsp3) is 1.00. The molecule has 0 unspecified atom stereocenters. The number of rotatable bonds is 1. The topological polar surface area (TPSA) is 90.2 Å². The molecule has 0 amide bonds. The molecule has 8 heteroatoms. The molecule has 14 heavy (non-hydrogen) atoms. The van der Waals surface area contributed by atoms with Crippen molar-refractivity contribution in [2.45, 2.75) is 36.9 Å². The van der Waals surface area contributed by atoms with Crippen LogP contribution in [0.25, 0.3) is 0 Å². The van der Waals surface area contributed by atoms with Gasteiger partial charge in [-0.05, 0) is 0 Å². The predicted octanol–water partition coefficient (Wildman–Crippen LogP) is -1.65. The van der Waals surface area contributed by atoms with Gasteiger partial charge in [-0.25, -0.2) is 0 Å². The minimum Gasteiger partial charge on any atom is -0.387 e. The van der Waals surface area contributed by atoms with Gasteiger partial charge in [-0.2, -0.15) is 13.2 Å². The first kappa shape index (κ1) is 11.7. The van der Waals surface area contributed by atoms with Gasteiger partial charge < -0.3 is 25.2 Å². The highest BCUT2D eigenvalue weighted by Crippen LogP contribution is 2.30. The third kappa shape index (κ3) is 1.98. The zero-order valence-corrected chi connectivity index (χ0v) is 6.72. The maximum atomic E-state index is 11.9. The van der Waals surface area contributed by atoms with Crippen molar-refractivity contribution < 1.29 is 38.3 Å². The first-order valence-electron chi connectivity index (χ1n) is 3.69. The summed E-state index contributed by atoms with van der Waals surface area (Å²) in [5.41, 5.74) is 0. The minimum atomic E-state index is -4.98. The molecule has 1 saturated heterocycles. The molecule has 0 aromatic rings. The lowest BCUT2D eigenvalue weighted by Gasteiger charge is -2.22. The van der Waals surface area contributed by atoms with Crippen LogP contribution in [-0.4, -0.2) is 57.3 Å². The fourth-order valence-corrected chi connectivity index (χ4v) is 1.13. The van der Waals surface area contributed by atoms with E-state index < -0.39 is 36.9 Å². The Morgan fingerprint density at radius 1 is 1.07 bits per heavy atom. The van der Waals surface area contributed by atoms with Gasteiger partial charge in [0.05, 0.1) is 0 Å². The van der Waals surface area contributed by atoms with E-state index in [4.69, 9.17) is 20.4 Å². The van der Waals surface area contributed by atoms with Crippen molar-refractivity contribution in [2.75, 3.05) is 0 Å². The van der Waals surface area contributed by atoms with E-state index in [0.717, 1.165) is 0 Å². The number of halogens is 3. The summed E-state index contributed by atoms with van der Waals surface area (Å²) >= 11 is 0. The smallest absolute Gasteiger partial charge is 0.387 e. The molecule has 5 nitrogen and oxygen atoms in total. The molecule has 4 N–H and O–H groups in total. The van der Waals surface area contributed by atoms with E-state index in [2.05, 4.69) is 4.74 Å². The van der Waals surface area contributed by atoms with E-state index in [1.165, 1.54) is 0 Å². The number of aliphatic hydroxyl groups is 4. The molecule has 0 aromatic carbocycles. The second-order valence-corrected chi connectivity index (χ2v) is 2.96. The average Bonchev–Trinajstić information content (AvgIpc) is 2.30. The molecule has 0 spiro atoms. The lowest BCUT2D eigenvalue weighted by atomic mass is 10.1. The Labute approximate surface area is 76.3 Å². The molecular weight excluding hydrogens is 209 g/mol. The minimum absolute atomic E-state index is 1.85. The van der Waals surface area contributed by atoms with E-state index in [-0.39, 0.29) is 0 Å². The van der Waals surface area contributed by atoms with E-state index in [1.54, 1.807) is 0 Å². The SMILES string of the molecule is O[C@H]1[C@H](O)[C@@H](O)O[C@@H]1[C@@H](O)C(F)(F)F. The van der Waals surface area contributed by atoms with E-state index >= 15 is 0 Å². The zero-order chi connectivity index (χ0) is 11.1. The lowest BCUT2D eigenvalue weighted by Crippen LogP contribution is -2.46. The van der Waals surface area contributed by atoms with Crippen molar-refractivity contribution in [3.63, 3.8) is 0 Å². The quantitative estimate of drug-likeness (QED) is 0.423. The van der Waals surface area contributed by atoms with Crippen LogP contribution in [0.1, 0.15) is 0 Å². The molecule has 84 valence electrons. The second kappa shape index (κ2) is 3.63. The standard InChI is InChI=1S/C6H9F3O5/c7-6(8,9)4(12)3-1(10)2(11)5(13)14-3/h1-5,10-13H/t1-,2-,3-,4+,5-/m0/s1. The molecule has 0 aromatic heterocycles. The van der Waals surface area contributed by atoms with Gasteiger partial charge in [-0.1, -0.05) is 0 Å². The van der Waals surface area contributed by atoms with Gasteiger partial charge in [-0.3, -0.25) is 0 Å². The van der Waals surface area contributed by atoms with Gasteiger partial charge in [0.15, 0.2) is 12.4 Å². The van der Waals surface area contributed by atoms with Crippen molar-refractivity contribution in [1.82, 2.24) is 0 Å². The summed E-state index contributed by atoms with van der Waals surface area (Å²) in [4.78, 5) is 0. The maximum absolute atomic E-state index is 11.9. The maximum Gasteiger partial charge on any atom is 0.417 e. The highest BCUT2D eigenvalue weighted by molar-refractivity contribution is 4.92. The van der Waals surface area contributed by atoms with Crippen LogP contribution in [0.2, 0.25) is 0 Å². The Bertz CT molecular complexity index is 208. The van der Waals surface area contributed by atoms with Crippen molar-refractivity contribution >= 4 is 0 Å². The summed E-state index contributed by atoms with van der Waals surface area (Å²) in [6.45, 7) is 0. The van der Waals surface area contributed by atoms with Crippen molar-refractivity contribution in [3.8, 4) is 0 Å². The molecule has 0 bridgehead atoms. The van der Waals surface area contributed by atoms with Gasteiger partial charge in [0, 0.05) is 0 Å². The Morgan fingerprint density at radius 3 is 1.86 bits per heavy atom. The van der Waals surface area contributed by atoms with Crippen LogP contribution in [0, 0.1) is 0 Å². The Balaban J connectivity index is 2.71. The molecule has 1 rings (SSSR count). The van der Waals surface area contributed by atoms with E-state index in [1.807, 2.05) is 0 Å². The zero-order valence-electron chi connectivity index (χ0n) is 6.72. The van der Waals surface area contributed by atoms with Crippen LogP contribution in [0.5, 0.6) is 0 Å². The number of alkyl halides is 3. The molecule has 5 atom stereocenters. The number of ether oxygens (including phenoxy) is 1. The highest BCUT2D eigenvalue weighted by Gasteiger charge is 2.54. The van der Waals surface area contributed by atoms with Crippen LogP contribution < -0.4 is 0 Å². The first-order chi connectivity index (χ1) is 6.25. The molecule has 1 heterocycles.